The van der Waals surface area contributed by atoms with Crippen LogP contribution < -0.4 is 10.2 Å². The van der Waals surface area contributed by atoms with Gasteiger partial charge >= 0.3 is 0 Å². The van der Waals surface area contributed by atoms with Crippen LogP contribution in [-0.2, 0) is 0 Å². The van der Waals surface area contributed by atoms with Gasteiger partial charge in [0, 0.05) is 35.8 Å². The number of aromatic nitrogens is 1. The van der Waals surface area contributed by atoms with E-state index in [-0.39, 0.29) is 0 Å². The fourth-order valence-electron chi connectivity index (χ4n) is 2.63. The maximum absolute atomic E-state index is 4.65. The minimum atomic E-state index is 0.376. The molecule has 0 aliphatic carbocycles. The standard InChI is InChI=1S/C15H25N3S/c1-5-16-13(4)14-6-7-15(17-8-14)18-9-11(2)19-12(3)10-18/h6-8,11-13,16H,5,9-10H2,1-4H3. The third kappa shape index (κ3) is 3.86. The van der Waals surface area contributed by atoms with E-state index < -0.39 is 0 Å². The maximum atomic E-state index is 4.65. The molecule has 1 aromatic rings. The molecule has 2 rings (SSSR count). The molecule has 3 nitrogen and oxygen atoms in total. The van der Waals surface area contributed by atoms with E-state index in [0.29, 0.717) is 16.5 Å². The summed E-state index contributed by atoms with van der Waals surface area (Å²) in [6.07, 6.45) is 2.01. The minimum absolute atomic E-state index is 0.376. The average Bonchev–Trinajstić information content (AvgIpc) is 2.38. The molecule has 1 aliphatic heterocycles. The summed E-state index contributed by atoms with van der Waals surface area (Å²) >= 11 is 2.07. The molecule has 0 spiro atoms. The van der Waals surface area contributed by atoms with Crippen LogP contribution in [0.4, 0.5) is 5.82 Å². The molecule has 4 heteroatoms. The first kappa shape index (κ1) is 14.7. The molecular weight excluding hydrogens is 254 g/mol. The van der Waals surface area contributed by atoms with Crippen molar-refractivity contribution in [3.05, 3.63) is 23.9 Å². The SMILES string of the molecule is CCNC(C)c1ccc(N2CC(C)SC(C)C2)nc1. The zero-order valence-corrected chi connectivity index (χ0v) is 13.2. The Kier molecular flexibility index (Phi) is 5.11. The van der Waals surface area contributed by atoms with E-state index in [1.54, 1.807) is 0 Å². The molecule has 1 N–H and O–H groups in total. The van der Waals surface area contributed by atoms with E-state index in [0.717, 1.165) is 25.5 Å². The van der Waals surface area contributed by atoms with E-state index >= 15 is 0 Å². The van der Waals surface area contributed by atoms with Crippen molar-refractivity contribution in [2.75, 3.05) is 24.5 Å². The predicted molar refractivity (Wildman–Crippen MR) is 85.1 cm³/mol. The van der Waals surface area contributed by atoms with Gasteiger partial charge < -0.3 is 10.2 Å². The molecule has 0 saturated carbocycles. The van der Waals surface area contributed by atoms with Gasteiger partial charge in [-0.15, -0.1) is 0 Å². The molecule has 0 aromatic carbocycles. The summed E-state index contributed by atoms with van der Waals surface area (Å²) < 4.78 is 0. The highest BCUT2D eigenvalue weighted by molar-refractivity contribution is 8.00. The predicted octanol–water partition coefficient (Wildman–Crippen LogP) is 3.08. The number of nitrogens with zero attached hydrogens (tertiary/aromatic N) is 2. The van der Waals surface area contributed by atoms with Crippen molar-refractivity contribution >= 4 is 17.6 Å². The second-order valence-electron chi connectivity index (χ2n) is 5.39. The topological polar surface area (TPSA) is 28.2 Å². The highest BCUT2D eigenvalue weighted by Crippen LogP contribution is 2.27. The Morgan fingerprint density at radius 1 is 1.37 bits per heavy atom. The Bertz CT molecular complexity index is 383. The Labute approximate surface area is 121 Å². The zero-order valence-electron chi connectivity index (χ0n) is 12.4. The van der Waals surface area contributed by atoms with Crippen LogP contribution in [0.2, 0.25) is 0 Å². The van der Waals surface area contributed by atoms with Crippen LogP contribution in [0.15, 0.2) is 18.3 Å². The number of rotatable bonds is 4. The molecule has 0 bridgehead atoms. The minimum Gasteiger partial charge on any atom is -0.354 e. The third-order valence-electron chi connectivity index (χ3n) is 3.52. The van der Waals surface area contributed by atoms with E-state index in [1.165, 1.54) is 5.56 Å². The highest BCUT2D eigenvalue weighted by atomic mass is 32.2. The second kappa shape index (κ2) is 6.62. The van der Waals surface area contributed by atoms with Crippen LogP contribution >= 0.6 is 11.8 Å². The molecule has 106 valence electrons. The van der Waals surface area contributed by atoms with Crippen molar-refractivity contribution in [1.82, 2.24) is 10.3 Å². The van der Waals surface area contributed by atoms with Gasteiger partial charge in [0.1, 0.15) is 5.82 Å². The van der Waals surface area contributed by atoms with Crippen molar-refractivity contribution < 1.29 is 0 Å². The quantitative estimate of drug-likeness (QED) is 0.917. The summed E-state index contributed by atoms with van der Waals surface area (Å²) in [4.78, 5) is 7.06. The largest absolute Gasteiger partial charge is 0.354 e. The van der Waals surface area contributed by atoms with E-state index in [1.807, 2.05) is 6.20 Å². The van der Waals surface area contributed by atoms with Crippen molar-refractivity contribution in [3.8, 4) is 0 Å². The summed E-state index contributed by atoms with van der Waals surface area (Å²) in [5.41, 5.74) is 1.26. The lowest BCUT2D eigenvalue weighted by Crippen LogP contribution is -2.40. The first-order chi connectivity index (χ1) is 9.10. The molecule has 0 radical (unpaired) electrons. The summed E-state index contributed by atoms with van der Waals surface area (Å²) in [6, 6.07) is 4.74. The molecule has 1 aromatic heterocycles. The van der Waals surface area contributed by atoms with E-state index in [9.17, 15) is 0 Å². The number of pyridine rings is 1. The summed E-state index contributed by atoms with van der Waals surface area (Å²) in [6.45, 7) is 12.1. The number of thioether (sulfide) groups is 1. The Morgan fingerprint density at radius 2 is 2.05 bits per heavy atom. The molecule has 0 amide bonds. The normalized spacial score (nSPS) is 25.4. The molecule has 1 saturated heterocycles. The van der Waals surface area contributed by atoms with Crippen LogP contribution in [0, 0.1) is 0 Å². The number of anilines is 1. The molecule has 2 heterocycles. The molecular formula is C15H25N3S. The van der Waals surface area contributed by atoms with Gasteiger partial charge in [-0.1, -0.05) is 26.8 Å². The van der Waals surface area contributed by atoms with Crippen LogP contribution in [0.25, 0.3) is 0 Å². The monoisotopic (exact) mass is 279 g/mol. The van der Waals surface area contributed by atoms with Crippen molar-refractivity contribution in [2.24, 2.45) is 0 Å². The molecule has 3 atom stereocenters. The van der Waals surface area contributed by atoms with Crippen molar-refractivity contribution in [1.29, 1.82) is 0 Å². The number of hydrogen-bond acceptors (Lipinski definition) is 4. The second-order valence-corrected chi connectivity index (χ2v) is 7.27. The summed E-state index contributed by atoms with van der Waals surface area (Å²) in [5, 5.41) is 4.79. The average molecular weight is 279 g/mol. The Balaban J connectivity index is 2.05. The van der Waals surface area contributed by atoms with Crippen LogP contribution in [-0.4, -0.2) is 35.1 Å². The fraction of sp³-hybridized carbons (Fsp3) is 0.667. The summed E-state index contributed by atoms with van der Waals surface area (Å²) in [7, 11) is 0. The lowest BCUT2D eigenvalue weighted by atomic mass is 10.1. The van der Waals surface area contributed by atoms with Crippen LogP contribution in [0.3, 0.4) is 0 Å². The van der Waals surface area contributed by atoms with Gasteiger partial charge in [-0.25, -0.2) is 4.98 Å². The first-order valence-corrected chi connectivity index (χ1v) is 8.14. The Hall–Kier alpha value is -0.740. The van der Waals surface area contributed by atoms with E-state index in [2.05, 4.69) is 66.8 Å². The lowest BCUT2D eigenvalue weighted by Gasteiger charge is -2.35. The highest BCUT2D eigenvalue weighted by Gasteiger charge is 2.23. The van der Waals surface area contributed by atoms with Gasteiger partial charge in [-0.05, 0) is 25.1 Å². The van der Waals surface area contributed by atoms with E-state index in [4.69, 9.17) is 0 Å². The molecule has 19 heavy (non-hydrogen) atoms. The van der Waals surface area contributed by atoms with Gasteiger partial charge in [0.05, 0.1) is 0 Å². The van der Waals surface area contributed by atoms with Gasteiger partial charge in [-0.3, -0.25) is 0 Å². The van der Waals surface area contributed by atoms with Crippen LogP contribution in [0.1, 0.15) is 39.3 Å². The fourth-order valence-corrected chi connectivity index (χ4v) is 3.95. The zero-order chi connectivity index (χ0) is 13.8. The van der Waals surface area contributed by atoms with Gasteiger partial charge in [0.25, 0.3) is 0 Å². The van der Waals surface area contributed by atoms with Crippen molar-refractivity contribution in [2.45, 2.75) is 44.2 Å². The molecule has 1 fully saturated rings. The summed E-state index contributed by atoms with van der Waals surface area (Å²) in [5.74, 6) is 1.12. The van der Waals surface area contributed by atoms with Gasteiger partial charge in [-0.2, -0.15) is 11.8 Å². The number of nitrogens with one attached hydrogen (secondary N) is 1. The third-order valence-corrected chi connectivity index (χ3v) is 4.75. The Morgan fingerprint density at radius 3 is 2.58 bits per heavy atom. The number of hydrogen-bond donors (Lipinski definition) is 1. The lowest BCUT2D eigenvalue weighted by molar-refractivity contribution is 0.596. The maximum Gasteiger partial charge on any atom is 0.128 e. The molecule has 3 unspecified atom stereocenters. The first-order valence-electron chi connectivity index (χ1n) is 7.20. The smallest absolute Gasteiger partial charge is 0.128 e. The van der Waals surface area contributed by atoms with Gasteiger partial charge in [0.2, 0.25) is 0 Å². The van der Waals surface area contributed by atoms with Crippen LogP contribution in [0.5, 0.6) is 0 Å². The van der Waals surface area contributed by atoms with Gasteiger partial charge in [0.15, 0.2) is 0 Å². The molecule has 1 aliphatic rings. The van der Waals surface area contributed by atoms with Crippen molar-refractivity contribution in [3.63, 3.8) is 0 Å².